The molecule has 7 rings (SSSR count). The number of ether oxygens (including phenoxy) is 2. The molecular weight excluding hydrogens is 454 g/mol. The molecule has 6 fully saturated rings. The lowest BCUT2D eigenvalue weighted by atomic mass is 9.33. The fraction of sp³-hybridized carbons (Fsp3) is 0.833. The van der Waals surface area contributed by atoms with Gasteiger partial charge in [-0.15, -0.1) is 0 Å². The minimum absolute atomic E-state index is 0.0740. The number of nitrogens with zero attached hydrogens (tertiary/aromatic N) is 1. The third kappa shape index (κ3) is 2.41. The van der Waals surface area contributed by atoms with Crippen LogP contribution >= 0.6 is 0 Å². The maximum absolute atomic E-state index is 14.4. The topological polar surface area (TPSA) is 72.9 Å². The Bertz CT molecular complexity index is 1130. The van der Waals surface area contributed by atoms with Crippen molar-refractivity contribution in [2.45, 2.75) is 104 Å². The molecule has 0 aromatic heterocycles. The van der Waals surface area contributed by atoms with E-state index in [1.54, 1.807) is 6.08 Å². The third-order valence-corrected chi connectivity index (χ3v) is 12.7. The standard InChI is InChI=1S/C30H41NO5/c1-16-10-20-23(21(32)11-16)18(3)24(34)25-26(20,4)15-30-28(6,27(25,5)13-22(33)36-30)7-8-29-12-17(2)9-19(35-29)14-31(29)30/h11,17-20,23,25H,7-10,12-15H2,1-6H3/t17-,18+,19-,20+,23-,25-,26-,27+,28-,29?,30?/m0/s1. The number of rotatable bonds is 0. The van der Waals surface area contributed by atoms with Crippen LogP contribution in [0, 0.1) is 45.8 Å². The minimum Gasteiger partial charge on any atom is -0.443 e. The molecule has 0 aromatic rings. The van der Waals surface area contributed by atoms with Gasteiger partial charge in [0.25, 0.3) is 0 Å². The van der Waals surface area contributed by atoms with Gasteiger partial charge in [0, 0.05) is 36.1 Å². The molecule has 0 N–H and O–H groups in total. The second-order valence-corrected chi connectivity index (χ2v) is 14.6. The molecule has 3 aliphatic carbocycles. The molecule has 1 spiro atoms. The average Bonchev–Trinajstić information content (AvgIpc) is 3.04. The maximum Gasteiger partial charge on any atom is 0.308 e. The highest BCUT2D eigenvalue weighted by molar-refractivity contribution is 6.00. The molecule has 4 saturated heterocycles. The Kier molecular flexibility index (Phi) is 4.40. The van der Waals surface area contributed by atoms with Crippen LogP contribution in [0.5, 0.6) is 0 Å². The van der Waals surface area contributed by atoms with Crippen LogP contribution in [-0.4, -0.2) is 46.5 Å². The Morgan fingerprint density at radius 3 is 2.58 bits per heavy atom. The van der Waals surface area contributed by atoms with Crippen molar-refractivity contribution in [3.8, 4) is 0 Å². The highest BCUT2D eigenvalue weighted by Gasteiger charge is 2.82. The Morgan fingerprint density at radius 2 is 1.83 bits per heavy atom. The number of piperidine rings is 1. The molecule has 4 bridgehead atoms. The summed E-state index contributed by atoms with van der Waals surface area (Å²) in [5, 5.41) is 0. The van der Waals surface area contributed by atoms with Crippen LogP contribution in [0.2, 0.25) is 0 Å². The summed E-state index contributed by atoms with van der Waals surface area (Å²) < 4.78 is 13.4. The van der Waals surface area contributed by atoms with Gasteiger partial charge >= 0.3 is 5.97 Å². The van der Waals surface area contributed by atoms with Crippen LogP contribution in [0.1, 0.15) is 86.5 Å². The predicted molar refractivity (Wildman–Crippen MR) is 132 cm³/mol. The monoisotopic (exact) mass is 495 g/mol. The van der Waals surface area contributed by atoms with E-state index in [1.807, 2.05) is 6.92 Å². The predicted octanol–water partition coefficient (Wildman–Crippen LogP) is 4.66. The second kappa shape index (κ2) is 6.72. The van der Waals surface area contributed by atoms with E-state index >= 15 is 0 Å². The summed E-state index contributed by atoms with van der Waals surface area (Å²) in [5.41, 5.74) is -1.44. The largest absolute Gasteiger partial charge is 0.443 e. The molecule has 4 aliphatic heterocycles. The molecule has 36 heavy (non-hydrogen) atoms. The quantitative estimate of drug-likeness (QED) is 0.455. The average molecular weight is 496 g/mol. The van der Waals surface area contributed by atoms with Gasteiger partial charge in [-0.2, -0.15) is 0 Å². The van der Waals surface area contributed by atoms with E-state index in [4.69, 9.17) is 9.47 Å². The summed E-state index contributed by atoms with van der Waals surface area (Å²) in [4.78, 5) is 43.7. The highest BCUT2D eigenvalue weighted by Crippen LogP contribution is 2.78. The molecular formula is C30H41NO5. The summed E-state index contributed by atoms with van der Waals surface area (Å²) >= 11 is 0. The number of allylic oxidation sites excluding steroid dienone is 2. The zero-order valence-corrected chi connectivity index (χ0v) is 22.7. The lowest BCUT2D eigenvalue weighted by Crippen LogP contribution is -2.83. The van der Waals surface area contributed by atoms with E-state index in [2.05, 4.69) is 39.5 Å². The first kappa shape index (κ1) is 23.6. The summed E-state index contributed by atoms with van der Waals surface area (Å²) in [6.07, 6.45) is 7.43. The van der Waals surface area contributed by atoms with Gasteiger partial charge in [0.2, 0.25) is 0 Å². The van der Waals surface area contributed by atoms with Gasteiger partial charge in [-0.3, -0.25) is 14.4 Å². The van der Waals surface area contributed by atoms with Gasteiger partial charge < -0.3 is 9.47 Å². The number of carbonyl (C=O) groups excluding carboxylic acids is 3. The summed E-state index contributed by atoms with van der Waals surface area (Å²) in [5.74, 6) is -0.101. The molecule has 0 amide bonds. The fourth-order valence-electron chi connectivity index (χ4n) is 11.3. The first-order chi connectivity index (χ1) is 16.8. The zero-order chi connectivity index (χ0) is 25.6. The van der Waals surface area contributed by atoms with Gasteiger partial charge in [-0.05, 0) is 67.8 Å². The Labute approximate surface area is 214 Å². The second-order valence-electron chi connectivity index (χ2n) is 14.6. The van der Waals surface area contributed by atoms with Gasteiger partial charge in [-0.25, -0.2) is 4.90 Å². The molecule has 0 radical (unpaired) electrons. The molecule has 2 unspecified atom stereocenters. The van der Waals surface area contributed by atoms with Crippen LogP contribution < -0.4 is 0 Å². The first-order valence-corrected chi connectivity index (χ1v) is 14.2. The SMILES string of the molecule is CC1=CC(=O)[C@@H]2[C@@H](C1)[C@]1(C)CC34OC(=O)C[C@](C)([C@H]1C(=O)[C@@H]2C)[C@]3(C)CCC12C[C@@H](C)C[C@@H](CN14)O2. The van der Waals surface area contributed by atoms with Crippen LogP contribution in [0.3, 0.4) is 0 Å². The Balaban J connectivity index is 1.46. The third-order valence-electron chi connectivity index (χ3n) is 12.7. The highest BCUT2D eigenvalue weighted by atomic mass is 16.6. The van der Waals surface area contributed by atoms with Crippen LogP contribution in [0.25, 0.3) is 0 Å². The Morgan fingerprint density at radius 1 is 1.08 bits per heavy atom. The molecule has 6 heteroatoms. The maximum atomic E-state index is 14.4. The van der Waals surface area contributed by atoms with Gasteiger partial charge in [0.15, 0.2) is 11.5 Å². The van der Waals surface area contributed by atoms with Crippen molar-refractivity contribution in [1.82, 2.24) is 4.90 Å². The number of carbonyl (C=O) groups is 3. The van der Waals surface area contributed by atoms with E-state index < -0.39 is 22.3 Å². The van der Waals surface area contributed by atoms with Crippen LogP contribution in [0.15, 0.2) is 11.6 Å². The summed E-state index contributed by atoms with van der Waals surface area (Å²) in [6, 6.07) is 0. The van der Waals surface area contributed by atoms with E-state index in [0.717, 1.165) is 44.2 Å². The molecule has 7 aliphatic rings. The molecule has 0 aromatic carbocycles. The molecule has 11 atom stereocenters. The van der Waals surface area contributed by atoms with Crippen molar-refractivity contribution in [2.75, 3.05) is 6.54 Å². The summed E-state index contributed by atoms with van der Waals surface area (Å²) in [6.45, 7) is 13.9. The number of ketones is 2. The van der Waals surface area contributed by atoms with Crippen molar-refractivity contribution in [3.05, 3.63) is 11.6 Å². The van der Waals surface area contributed by atoms with Gasteiger partial charge in [0.1, 0.15) is 11.5 Å². The molecule has 4 heterocycles. The van der Waals surface area contributed by atoms with E-state index in [0.29, 0.717) is 12.3 Å². The van der Waals surface area contributed by atoms with Crippen molar-refractivity contribution in [3.63, 3.8) is 0 Å². The lowest BCUT2D eigenvalue weighted by Gasteiger charge is -2.76. The number of esters is 1. The zero-order valence-electron chi connectivity index (χ0n) is 22.7. The van der Waals surface area contributed by atoms with Gasteiger partial charge in [0.05, 0.1) is 12.5 Å². The van der Waals surface area contributed by atoms with Crippen molar-refractivity contribution >= 4 is 17.5 Å². The van der Waals surface area contributed by atoms with Crippen molar-refractivity contribution in [1.29, 1.82) is 0 Å². The number of fused-ring (bicyclic) bond motifs is 5. The fourth-order valence-corrected chi connectivity index (χ4v) is 11.3. The van der Waals surface area contributed by atoms with Crippen molar-refractivity contribution in [2.24, 2.45) is 45.8 Å². The lowest BCUT2D eigenvalue weighted by molar-refractivity contribution is -0.379. The van der Waals surface area contributed by atoms with E-state index in [1.165, 1.54) is 0 Å². The van der Waals surface area contributed by atoms with Gasteiger partial charge in [-0.1, -0.05) is 40.2 Å². The van der Waals surface area contributed by atoms with Crippen LogP contribution in [0.4, 0.5) is 0 Å². The van der Waals surface area contributed by atoms with E-state index in [-0.39, 0.29) is 59.1 Å². The molecule has 6 nitrogen and oxygen atoms in total. The van der Waals surface area contributed by atoms with E-state index in [9.17, 15) is 14.4 Å². The Hall–Kier alpha value is -1.53. The number of hydrogen-bond acceptors (Lipinski definition) is 6. The normalized spacial score (nSPS) is 57.7. The molecule has 2 saturated carbocycles. The van der Waals surface area contributed by atoms with Crippen LogP contribution in [-0.2, 0) is 23.9 Å². The first-order valence-electron chi connectivity index (χ1n) is 14.2. The van der Waals surface area contributed by atoms with Crippen molar-refractivity contribution < 1.29 is 23.9 Å². The number of hydrogen-bond donors (Lipinski definition) is 0. The summed E-state index contributed by atoms with van der Waals surface area (Å²) in [7, 11) is 0. The molecule has 196 valence electrons. The number of Topliss-reactive ketones (excluding diaryl/α,β-unsaturated/α-hetero) is 1. The smallest absolute Gasteiger partial charge is 0.308 e. The minimum atomic E-state index is -0.817.